The first-order valence-corrected chi connectivity index (χ1v) is 9.71. The van der Waals surface area contributed by atoms with Crippen LogP contribution in [0.25, 0.3) is 10.9 Å². The fourth-order valence-electron chi connectivity index (χ4n) is 3.03. The van der Waals surface area contributed by atoms with Gasteiger partial charge in [0.25, 0.3) is 0 Å². The number of methoxy groups -OCH3 is 1. The molecule has 1 atom stereocenters. The minimum absolute atomic E-state index is 0.188. The van der Waals surface area contributed by atoms with Crippen LogP contribution >= 0.6 is 11.8 Å². The van der Waals surface area contributed by atoms with Crippen molar-refractivity contribution in [3.8, 4) is 0 Å². The average Bonchev–Trinajstić information content (AvgIpc) is 3.08. The Hall–Kier alpha value is -2.73. The molecule has 6 heteroatoms. The van der Waals surface area contributed by atoms with E-state index in [4.69, 9.17) is 9.47 Å². The third-order valence-corrected chi connectivity index (χ3v) is 5.42. The van der Waals surface area contributed by atoms with E-state index in [-0.39, 0.29) is 17.0 Å². The van der Waals surface area contributed by atoms with Gasteiger partial charge < -0.3 is 14.5 Å². The first-order chi connectivity index (χ1) is 13.2. The number of hydrogen-bond donors (Lipinski definition) is 1. The molecule has 0 aliphatic carbocycles. The van der Waals surface area contributed by atoms with E-state index in [9.17, 15) is 9.59 Å². The molecule has 1 N–H and O–H groups in total. The molecule has 27 heavy (non-hydrogen) atoms. The molecular weight excluding hydrogens is 362 g/mol. The molecule has 1 aromatic heterocycles. The molecule has 0 fully saturated rings. The molecule has 0 spiro atoms. The summed E-state index contributed by atoms with van der Waals surface area (Å²) in [4.78, 5) is 27.5. The van der Waals surface area contributed by atoms with E-state index in [2.05, 4.69) is 4.98 Å². The van der Waals surface area contributed by atoms with Crippen molar-refractivity contribution in [3.63, 3.8) is 0 Å². The normalized spacial score (nSPS) is 11.9. The fourth-order valence-corrected chi connectivity index (χ4v) is 4.17. The van der Waals surface area contributed by atoms with Crippen molar-refractivity contribution in [2.24, 2.45) is 0 Å². The van der Waals surface area contributed by atoms with Crippen LogP contribution in [0.4, 0.5) is 0 Å². The van der Waals surface area contributed by atoms with Crippen molar-refractivity contribution in [1.29, 1.82) is 0 Å². The lowest BCUT2D eigenvalue weighted by molar-refractivity contribution is -0.139. The van der Waals surface area contributed by atoms with Gasteiger partial charge in [-0.25, -0.2) is 4.79 Å². The van der Waals surface area contributed by atoms with Gasteiger partial charge in [0.1, 0.15) is 5.69 Å². The number of carbonyl (C=O) groups is 2. The Labute approximate surface area is 162 Å². The highest BCUT2D eigenvalue weighted by atomic mass is 32.2. The number of ether oxygens (including phenoxy) is 2. The maximum atomic E-state index is 12.4. The van der Waals surface area contributed by atoms with Gasteiger partial charge in [-0.3, -0.25) is 4.79 Å². The Kier molecular flexibility index (Phi) is 6.19. The van der Waals surface area contributed by atoms with Crippen LogP contribution in [-0.4, -0.2) is 36.4 Å². The van der Waals surface area contributed by atoms with Crippen LogP contribution < -0.4 is 0 Å². The first kappa shape index (κ1) is 19.0. The van der Waals surface area contributed by atoms with Gasteiger partial charge in [0, 0.05) is 16.5 Å². The zero-order valence-corrected chi connectivity index (χ0v) is 16.0. The number of nitrogens with one attached hydrogen (secondary N) is 1. The van der Waals surface area contributed by atoms with E-state index in [0.717, 1.165) is 22.0 Å². The topological polar surface area (TPSA) is 68.4 Å². The first-order valence-electron chi connectivity index (χ1n) is 8.66. The minimum Gasteiger partial charge on any atom is -0.465 e. The number of esters is 2. The maximum absolute atomic E-state index is 12.4. The predicted octanol–water partition coefficient (Wildman–Crippen LogP) is 4.34. The number of aromatic nitrogens is 1. The summed E-state index contributed by atoms with van der Waals surface area (Å²) in [6, 6.07) is 17.5. The lowest BCUT2D eigenvalue weighted by Gasteiger charge is -2.18. The Bertz CT molecular complexity index is 936. The fraction of sp³-hybridized carbons (Fsp3) is 0.238. The Balaban J connectivity index is 2.11. The number of thioether (sulfide) groups is 1. The number of para-hydroxylation sites is 1. The number of aromatic amines is 1. The number of hydrogen-bond acceptors (Lipinski definition) is 5. The number of carbonyl (C=O) groups excluding carboxylic acids is 2. The molecule has 0 bridgehead atoms. The summed E-state index contributed by atoms with van der Waals surface area (Å²) in [5, 5.41) is 0.712. The molecule has 2 aromatic carbocycles. The number of rotatable bonds is 7. The van der Waals surface area contributed by atoms with E-state index in [0.29, 0.717) is 12.3 Å². The molecule has 0 amide bonds. The van der Waals surface area contributed by atoms with E-state index in [1.807, 2.05) is 54.6 Å². The standard InChI is InChI=1S/C21H21NO4S/c1-3-26-17(23)13-27-20(14-9-5-4-6-10-14)18-15-11-7-8-12-16(15)22-19(18)21(24)25-2/h4-12,20,22H,3,13H2,1-2H3/t20-/m1/s1. The van der Waals surface area contributed by atoms with Gasteiger partial charge in [0.2, 0.25) is 0 Å². The third-order valence-electron chi connectivity index (χ3n) is 4.17. The van der Waals surface area contributed by atoms with Gasteiger partial charge in [0.05, 0.1) is 24.7 Å². The van der Waals surface area contributed by atoms with Crippen LogP contribution in [0, 0.1) is 0 Å². The number of fused-ring (bicyclic) bond motifs is 1. The molecule has 3 rings (SSSR count). The molecule has 0 saturated heterocycles. The van der Waals surface area contributed by atoms with Crippen LogP contribution in [0.5, 0.6) is 0 Å². The second kappa shape index (κ2) is 8.77. The summed E-state index contributed by atoms with van der Waals surface area (Å²) in [7, 11) is 1.36. The molecule has 0 aliphatic heterocycles. The zero-order chi connectivity index (χ0) is 19.2. The highest BCUT2D eigenvalue weighted by Crippen LogP contribution is 2.41. The molecule has 3 aromatic rings. The minimum atomic E-state index is -0.432. The molecule has 0 saturated carbocycles. The zero-order valence-electron chi connectivity index (χ0n) is 15.2. The van der Waals surface area contributed by atoms with Crippen molar-refractivity contribution in [2.45, 2.75) is 12.2 Å². The quantitative estimate of drug-likeness (QED) is 0.615. The van der Waals surface area contributed by atoms with Crippen LogP contribution in [0.1, 0.15) is 33.8 Å². The predicted molar refractivity (Wildman–Crippen MR) is 107 cm³/mol. The highest BCUT2D eigenvalue weighted by molar-refractivity contribution is 8.00. The van der Waals surface area contributed by atoms with Gasteiger partial charge in [0.15, 0.2) is 0 Å². The van der Waals surface area contributed by atoms with Gasteiger partial charge in [-0.2, -0.15) is 0 Å². The molecule has 140 valence electrons. The lowest BCUT2D eigenvalue weighted by Crippen LogP contribution is -2.12. The third kappa shape index (κ3) is 4.17. The van der Waals surface area contributed by atoms with Crippen LogP contribution in [0.3, 0.4) is 0 Å². The van der Waals surface area contributed by atoms with Crippen LogP contribution in [0.15, 0.2) is 54.6 Å². The van der Waals surface area contributed by atoms with Crippen molar-refractivity contribution in [3.05, 3.63) is 71.4 Å². The van der Waals surface area contributed by atoms with E-state index >= 15 is 0 Å². The average molecular weight is 383 g/mol. The molecule has 1 heterocycles. The van der Waals surface area contributed by atoms with Gasteiger partial charge in [-0.1, -0.05) is 48.5 Å². The Morgan fingerprint density at radius 2 is 1.78 bits per heavy atom. The lowest BCUT2D eigenvalue weighted by atomic mass is 10.0. The summed E-state index contributed by atoms with van der Waals surface area (Å²) in [6.45, 7) is 2.13. The molecule has 0 unspecified atom stereocenters. The Morgan fingerprint density at radius 1 is 1.07 bits per heavy atom. The number of H-pyrrole nitrogens is 1. The Morgan fingerprint density at radius 3 is 2.48 bits per heavy atom. The second-order valence-electron chi connectivity index (χ2n) is 5.86. The summed E-state index contributed by atoms with van der Waals surface area (Å²) < 4.78 is 10.1. The van der Waals surface area contributed by atoms with Gasteiger partial charge in [-0.15, -0.1) is 11.8 Å². The smallest absolute Gasteiger partial charge is 0.354 e. The van der Waals surface area contributed by atoms with E-state index < -0.39 is 5.97 Å². The van der Waals surface area contributed by atoms with Gasteiger partial charge in [-0.05, 0) is 18.6 Å². The molecular formula is C21H21NO4S. The largest absolute Gasteiger partial charge is 0.465 e. The van der Waals surface area contributed by atoms with Crippen molar-refractivity contribution in [1.82, 2.24) is 4.98 Å². The molecule has 0 aliphatic rings. The SMILES string of the molecule is CCOC(=O)CS[C@H](c1ccccc1)c1c(C(=O)OC)[nH]c2ccccc12. The summed E-state index contributed by atoms with van der Waals surface area (Å²) >= 11 is 1.44. The maximum Gasteiger partial charge on any atom is 0.354 e. The van der Waals surface area contributed by atoms with Crippen molar-refractivity contribution in [2.75, 3.05) is 19.5 Å². The van der Waals surface area contributed by atoms with Crippen molar-refractivity contribution < 1.29 is 19.1 Å². The van der Waals surface area contributed by atoms with E-state index in [1.165, 1.54) is 18.9 Å². The molecule has 5 nitrogen and oxygen atoms in total. The summed E-state index contributed by atoms with van der Waals surface area (Å²) in [5.41, 5.74) is 3.08. The number of benzene rings is 2. The molecule has 0 radical (unpaired) electrons. The summed E-state index contributed by atoms with van der Waals surface area (Å²) in [5.74, 6) is -0.519. The monoisotopic (exact) mass is 383 g/mol. The van der Waals surface area contributed by atoms with E-state index in [1.54, 1.807) is 6.92 Å². The van der Waals surface area contributed by atoms with Crippen LogP contribution in [-0.2, 0) is 14.3 Å². The van der Waals surface area contributed by atoms with Crippen molar-refractivity contribution >= 4 is 34.6 Å². The highest BCUT2D eigenvalue weighted by Gasteiger charge is 2.27. The summed E-state index contributed by atoms with van der Waals surface area (Å²) in [6.07, 6.45) is 0. The van der Waals surface area contributed by atoms with Gasteiger partial charge >= 0.3 is 11.9 Å². The second-order valence-corrected chi connectivity index (χ2v) is 6.95. The van der Waals surface area contributed by atoms with Crippen LogP contribution in [0.2, 0.25) is 0 Å².